The first-order valence-electron chi connectivity index (χ1n) is 8.12. The van der Waals surface area contributed by atoms with Gasteiger partial charge in [-0.1, -0.05) is 35.3 Å². The van der Waals surface area contributed by atoms with Gasteiger partial charge in [0.25, 0.3) is 10.1 Å². The minimum absolute atomic E-state index is 0.327. The van der Waals surface area contributed by atoms with Gasteiger partial charge in [0, 0.05) is 6.07 Å². The number of hydrogen-bond donors (Lipinski definition) is 3. The number of rotatable bonds is 7. The largest absolute Gasteiger partial charge is 0.457 e. The first-order valence-corrected chi connectivity index (χ1v) is 10.7. The van der Waals surface area contributed by atoms with E-state index in [2.05, 4.69) is 5.32 Å². The standard InChI is InChI=1S/C17H18Cl2N2O2.CH4O3S/c1-11(17(20)22)21-9-8-12-2-4-13(5-3-12)23-14-6-7-15(18)16(19)10-14;1-5(2,3)4/h2-7,10-11,21H,8-9H2,1H3,(H2,20,22);1H3,(H,2,3,4). The molecule has 0 aliphatic rings. The number of nitrogens with one attached hydrogen (secondary N) is 1. The third-order valence-corrected chi connectivity index (χ3v) is 4.08. The molecule has 2 rings (SSSR count). The smallest absolute Gasteiger partial charge is 0.261 e. The van der Waals surface area contributed by atoms with Crippen molar-refractivity contribution in [2.45, 2.75) is 19.4 Å². The van der Waals surface area contributed by atoms with Gasteiger partial charge in [-0.05, 0) is 49.7 Å². The summed E-state index contributed by atoms with van der Waals surface area (Å²) in [7, 11) is -3.67. The summed E-state index contributed by atoms with van der Waals surface area (Å²) < 4.78 is 31.6. The molecule has 154 valence electrons. The van der Waals surface area contributed by atoms with E-state index in [9.17, 15) is 13.2 Å². The Bertz CT molecular complexity index is 881. The van der Waals surface area contributed by atoms with E-state index in [0.29, 0.717) is 34.3 Å². The van der Waals surface area contributed by atoms with Crippen molar-refractivity contribution in [1.82, 2.24) is 5.32 Å². The van der Waals surface area contributed by atoms with Crippen molar-refractivity contribution in [1.29, 1.82) is 0 Å². The Kier molecular flexibility index (Phi) is 9.71. The number of benzene rings is 2. The molecule has 0 aliphatic heterocycles. The summed E-state index contributed by atoms with van der Waals surface area (Å²) in [5.74, 6) is 0.991. The van der Waals surface area contributed by atoms with E-state index in [1.54, 1.807) is 25.1 Å². The molecular formula is C18H22Cl2N2O5S. The highest BCUT2D eigenvalue weighted by atomic mass is 35.5. The van der Waals surface area contributed by atoms with Crippen molar-refractivity contribution in [3.8, 4) is 11.5 Å². The quantitative estimate of drug-likeness (QED) is 0.559. The van der Waals surface area contributed by atoms with Crippen LogP contribution in [0.2, 0.25) is 10.0 Å². The van der Waals surface area contributed by atoms with Gasteiger partial charge in [0.15, 0.2) is 0 Å². The lowest BCUT2D eigenvalue weighted by atomic mass is 10.1. The topological polar surface area (TPSA) is 119 Å². The van der Waals surface area contributed by atoms with Crippen LogP contribution in [0.15, 0.2) is 42.5 Å². The van der Waals surface area contributed by atoms with E-state index in [0.717, 1.165) is 12.0 Å². The summed E-state index contributed by atoms with van der Waals surface area (Å²) in [5.41, 5.74) is 6.33. The maximum Gasteiger partial charge on any atom is 0.261 e. The number of hydrogen-bond acceptors (Lipinski definition) is 5. The molecule has 7 nitrogen and oxygen atoms in total. The molecule has 0 saturated heterocycles. The summed E-state index contributed by atoms with van der Waals surface area (Å²) in [5, 5.41) is 4.01. The number of halogens is 2. The molecular weight excluding hydrogens is 427 g/mol. The first-order chi connectivity index (χ1) is 13.0. The van der Waals surface area contributed by atoms with Crippen LogP contribution in [0.25, 0.3) is 0 Å². The van der Waals surface area contributed by atoms with Gasteiger partial charge in [0.1, 0.15) is 11.5 Å². The molecule has 1 amide bonds. The van der Waals surface area contributed by atoms with Gasteiger partial charge in [0.2, 0.25) is 5.91 Å². The van der Waals surface area contributed by atoms with E-state index in [1.165, 1.54) is 0 Å². The van der Waals surface area contributed by atoms with Gasteiger partial charge in [-0.3, -0.25) is 9.35 Å². The highest BCUT2D eigenvalue weighted by molar-refractivity contribution is 7.85. The number of primary amides is 1. The van der Waals surface area contributed by atoms with Gasteiger partial charge < -0.3 is 15.8 Å². The van der Waals surface area contributed by atoms with Gasteiger partial charge in [-0.2, -0.15) is 8.42 Å². The molecule has 0 spiro atoms. The van der Waals surface area contributed by atoms with Gasteiger partial charge in [-0.25, -0.2) is 0 Å². The fourth-order valence-corrected chi connectivity index (χ4v) is 2.22. The zero-order valence-electron chi connectivity index (χ0n) is 15.4. The zero-order chi connectivity index (χ0) is 21.3. The third kappa shape index (κ3) is 10.5. The van der Waals surface area contributed by atoms with Crippen molar-refractivity contribution in [3.05, 3.63) is 58.1 Å². The molecule has 1 unspecified atom stereocenters. The van der Waals surface area contributed by atoms with Crippen LogP contribution in [0.3, 0.4) is 0 Å². The molecule has 10 heteroatoms. The normalized spacial score (nSPS) is 11.9. The van der Waals surface area contributed by atoms with Crippen LogP contribution in [0.1, 0.15) is 12.5 Å². The summed E-state index contributed by atoms with van der Waals surface area (Å²) in [4.78, 5) is 10.9. The predicted octanol–water partition coefficient (Wildman–Crippen LogP) is 3.30. The zero-order valence-corrected chi connectivity index (χ0v) is 17.7. The molecule has 0 fully saturated rings. The Balaban J connectivity index is 0.000000696. The molecule has 28 heavy (non-hydrogen) atoms. The van der Waals surface area contributed by atoms with E-state index < -0.39 is 10.1 Å². The number of ether oxygens (including phenoxy) is 1. The first kappa shape index (κ1) is 24.2. The van der Waals surface area contributed by atoms with E-state index in [1.807, 2.05) is 24.3 Å². The fourth-order valence-electron chi connectivity index (χ4n) is 1.93. The van der Waals surface area contributed by atoms with Gasteiger partial charge in [0.05, 0.1) is 22.3 Å². The SMILES string of the molecule is CC(NCCc1ccc(Oc2ccc(Cl)c(Cl)c2)cc1)C(N)=O.CS(=O)(=O)O. The van der Waals surface area contributed by atoms with Crippen LogP contribution < -0.4 is 15.8 Å². The van der Waals surface area contributed by atoms with Crippen molar-refractivity contribution in [2.24, 2.45) is 5.73 Å². The predicted molar refractivity (Wildman–Crippen MR) is 111 cm³/mol. The number of nitrogens with two attached hydrogens (primary N) is 1. The van der Waals surface area contributed by atoms with Crippen LogP contribution in [-0.2, 0) is 21.3 Å². The minimum Gasteiger partial charge on any atom is -0.457 e. The van der Waals surface area contributed by atoms with E-state index in [-0.39, 0.29) is 11.9 Å². The number of carbonyl (C=O) groups is 1. The van der Waals surface area contributed by atoms with Crippen LogP contribution in [0.5, 0.6) is 11.5 Å². The minimum atomic E-state index is -3.67. The van der Waals surface area contributed by atoms with Crippen LogP contribution >= 0.6 is 23.2 Å². The lowest BCUT2D eigenvalue weighted by molar-refractivity contribution is -0.119. The summed E-state index contributed by atoms with van der Waals surface area (Å²) >= 11 is 11.8. The second-order valence-electron chi connectivity index (χ2n) is 5.88. The van der Waals surface area contributed by atoms with Crippen molar-refractivity contribution < 1.29 is 22.5 Å². The second kappa shape index (κ2) is 11.2. The second-order valence-corrected chi connectivity index (χ2v) is 8.16. The number of carbonyl (C=O) groups excluding carboxylic acids is 1. The molecule has 0 heterocycles. The van der Waals surface area contributed by atoms with Crippen molar-refractivity contribution in [2.75, 3.05) is 12.8 Å². The van der Waals surface area contributed by atoms with Crippen LogP contribution in [0.4, 0.5) is 0 Å². The molecule has 1 atom stereocenters. The van der Waals surface area contributed by atoms with Gasteiger partial charge in [-0.15, -0.1) is 0 Å². The molecule has 0 saturated carbocycles. The van der Waals surface area contributed by atoms with E-state index in [4.69, 9.17) is 38.2 Å². The molecule has 0 aromatic heterocycles. The Labute approximate surface area is 174 Å². The maximum atomic E-state index is 10.9. The average Bonchev–Trinajstić information content (AvgIpc) is 2.58. The van der Waals surface area contributed by atoms with Gasteiger partial charge >= 0.3 is 0 Å². The average molecular weight is 449 g/mol. The van der Waals surface area contributed by atoms with Crippen molar-refractivity contribution >= 4 is 39.2 Å². The Morgan fingerprint density at radius 3 is 2.18 bits per heavy atom. The summed E-state index contributed by atoms with van der Waals surface area (Å²) in [6.45, 7) is 2.42. The van der Waals surface area contributed by atoms with Crippen LogP contribution in [0, 0.1) is 0 Å². The molecule has 0 aliphatic carbocycles. The monoisotopic (exact) mass is 448 g/mol. The van der Waals surface area contributed by atoms with Crippen molar-refractivity contribution in [3.63, 3.8) is 0 Å². The summed E-state index contributed by atoms with van der Waals surface area (Å²) in [6.07, 6.45) is 1.51. The maximum absolute atomic E-state index is 10.9. The Hall–Kier alpha value is -1.84. The third-order valence-electron chi connectivity index (χ3n) is 3.34. The molecule has 0 radical (unpaired) electrons. The lowest BCUT2D eigenvalue weighted by Gasteiger charge is -2.10. The highest BCUT2D eigenvalue weighted by Crippen LogP contribution is 2.29. The molecule has 0 bridgehead atoms. The Morgan fingerprint density at radius 2 is 1.68 bits per heavy atom. The fraction of sp³-hybridized carbons (Fsp3) is 0.278. The summed E-state index contributed by atoms with van der Waals surface area (Å²) in [6, 6.07) is 12.5. The highest BCUT2D eigenvalue weighted by Gasteiger charge is 2.06. The number of amides is 1. The lowest BCUT2D eigenvalue weighted by Crippen LogP contribution is -2.39. The van der Waals surface area contributed by atoms with E-state index >= 15 is 0 Å². The molecule has 4 N–H and O–H groups in total. The molecule has 2 aromatic rings. The Morgan fingerprint density at radius 1 is 1.14 bits per heavy atom. The van der Waals surface area contributed by atoms with Crippen LogP contribution in [-0.4, -0.2) is 37.7 Å². The molecule has 2 aromatic carbocycles.